The van der Waals surface area contributed by atoms with Crippen LogP contribution in [0, 0.1) is 17.8 Å². The van der Waals surface area contributed by atoms with Gasteiger partial charge >= 0.3 is 0 Å². The fraction of sp³-hybridized carbons (Fsp3) is 0.647. The van der Waals surface area contributed by atoms with Gasteiger partial charge in [-0.25, -0.2) is 0 Å². The van der Waals surface area contributed by atoms with Gasteiger partial charge in [0.15, 0.2) is 11.5 Å². The van der Waals surface area contributed by atoms with Crippen LogP contribution in [0.1, 0.15) is 44.7 Å². The summed E-state index contributed by atoms with van der Waals surface area (Å²) < 4.78 is 11.6. The van der Waals surface area contributed by atoms with Gasteiger partial charge in [-0.15, -0.1) is 0 Å². The molecule has 20 heavy (non-hydrogen) atoms. The summed E-state index contributed by atoms with van der Waals surface area (Å²) in [6.45, 7) is 5.89. The molecule has 1 aromatic carbocycles. The Morgan fingerprint density at radius 2 is 1.85 bits per heavy atom. The lowest BCUT2D eigenvalue weighted by Gasteiger charge is -2.24. The van der Waals surface area contributed by atoms with Crippen LogP contribution in [0.4, 0.5) is 0 Å². The van der Waals surface area contributed by atoms with Gasteiger partial charge in [0.2, 0.25) is 0 Å². The predicted octanol–water partition coefficient (Wildman–Crippen LogP) is 3.53. The molecule has 0 aromatic heterocycles. The van der Waals surface area contributed by atoms with Crippen molar-refractivity contribution in [1.29, 1.82) is 0 Å². The normalized spacial score (nSPS) is 30.9. The van der Waals surface area contributed by atoms with Crippen LogP contribution in [-0.2, 0) is 0 Å². The van der Waals surface area contributed by atoms with E-state index < -0.39 is 0 Å². The molecule has 0 radical (unpaired) electrons. The molecular weight excluding hydrogens is 250 g/mol. The monoisotopic (exact) mass is 275 g/mol. The molecule has 3 nitrogen and oxygen atoms in total. The van der Waals surface area contributed by atoms with E-state index in [0.717, 1.165) is 24.0 Å². The van der Waals surface area contributed by atoms with Gasteiger partial charge in [0, 0.05) is 12.0 Å². The standard InChI is InChI=1S/C17H25NO2/c1-11-9-19-15-7-6-13(8-16(15)20-10-11)17(18)14-5-3-4-12(14)2/h6-8,11-12,14,17H,3-5,9-10,18H2,1-2H3. The second kappa shape index (κ2) is 5.65. The fourth-order valence-electron chi connectivity index (χ4n) is 3.43. The van der Waals surface area contributed by atoms with Gasteiger partial charge in [0.05, 0.1) is 13.2 Å². The highest BCUT2D eigenvalue weighted by Gasteiger charge is 2.30. The molecule has 1 heterocycles. The zero-order valence-corrected chi connectivity index (χ0v) is 12.5. The molecule has 0 spiro atoms. The van der Waals surface area contributed by atoms with Crippen molar-refractivity contribution in [3.05, 3.63) is 23.8 Å². The summed E-state index contributed by atoms with van der Waals surface area (Å²) in [7, 11) is 0. The molecule has 2 aliphatic rings. The molecule has 4 unspecified atom stereocenters. The van der Waals surface area contributed by atoms with Crippen LogP contribution in [0.25, 0.3) is 0 Å². The van der Waals surface area contributed by atoms with Crippen LogP contribution in [0.3, 0.4) is 0 Å². The molecule has 1 saturated carbocycles. The SMILES string of the molecule is CC1COc2ccc(C(N)C3CCCC3C)cc2OC1. The summed E-state index contributed by atoms with van der Waals surface area (Å²) in [5.41, 5.74) is 7.67. The quantitative estimate of drug-likeness (QED) is 0.898. The van der Waals surface area contributed by atoms with Crippen molar-refractivity contribution in [2.75, 3.05) is 13.2 Å². The molecule has 1 aromatic rings. The molecule has 0 amide bonds. The lowest BCUT2D eigenvalue weighted by atomic mass is 9.86. The Kier molecular flexibility index (Phi) is 3.88. The molecule has 3 rings (SSSR count). The smallest absolute Gasteiger partial charge is 0.161 e. The van der Waals surface area contributed by atoms with Crippen molar-refractivity contribution in [3.8, 4) is 11.5 Å². The first-order chi connectivity index (χ1) is 9.65. The van der Waals surface area contributed by atoms with Gasteiger partial charge in [-0.1, -0.05) is 32.8 Å². The zero-order chi connectivity index (χ0) is 14.1. The Hall–Kier alpha value is -1.22. The average Bonchev–Trinajstić information content (AvgIpc) is 2.79. The fourth-order valence-corrected chi connectivity index (χ4v) is 3.43. The van der Waals surface area contributed by atoms with Gasteiger partial charge in [0.25, 0.3) is 0 Å². The van der Waals surface area contributed by atoms with E-state index in [2.05, 4.69) is 26.0 Å². The Balaban J connectivity index is 1.81. The average molecular weight is 275 g/mol. The first kappa shape index (κ1) is 13.7. The van der Waals surface area contributed by atoms with Crippen LogP contribution < -0.4 is 15.2 Å². The summed E-state index contributed by atoms with van der Waals surface area (Å²) in [6, 6.07) is 6.32. The Morgan fingerprint density at radius 1 is 1.10 bits per heavy atom. The first-order valence-corrected chi connectivity index (χ1v) is 7.80. The third kappa shape index (κ3) is 2.64. The van der Waals surface area contributed by atoms with E-state index in [0.29, 0.717) is 18.4 Å². The molecule has 1 fully saturated rings. The summed E-state index contributed by atoms with van der Waals surface area (Å²) in [4.78, 5) is 0. The maximum Gasteiger partial charge on any atom is 0.161 e. The summed E-state index contributed by atoms with van der Waals surface area (Å²) in [6.07, 6.45) is 3.86. The van der Waals surface area contributed by atoms with Crippen molar-refractivity contribution < 1.29 is 9.47 Å². The topological polar surface area (TPSA) is 44.5 Å². The number of hydrogen-bond donors (Lipinski definition) is 1. The Morgan fingerprint density at radius 3 is 2.55 bits per heavy atom. The molecule has 3 heteroatoms. The van der Waals surface area contributed by atoms with Crippen LogP contribution in [0.5, 0.6) is 11.5 Å². The molecule has 0 bridgehead atoms. The Bertz CT molecular complexity index is 474. The molecule has 110 valence electrons. The minimum atomic E-state index is 0.113. The summed E-state index contributed by atoms with van der Waals surface area (Å²) in [5.74, 6) is 3.45. The number of benzene rings is 1. The first-order valence-electron chi connectivity index (χ1n) is 7.80. The van der Waals surface area contributed by atoms with Crippen LogP contribution in [0.2, 0.25) is 0 Å². The number of hydrogen-bond acceptors (Lipinski definition) is 3. The number of ether oxygens (including phenoxy) is 2. The van der Waals surface area contributed by atoms with E-state index in [1.165, 1.54) is 24.8 Å². The molecular formula is C17H25NO2. The number of rotatable bonds is 2. The second-order valence-corrected chi connectivity index (χ2v) is 6.53. The van der Waals surface area contributed by atoms with Crippen LogP contribution in [-0.4, -0.2) is 13.2 Å². The van der Waals surface area contributed by atoms with Gasteiger partial charge in [0.1, 0.15) is 0 Å². The highest BCUT2D eigenvalue weighted by molar-refractivity contribution is 5.44. The van der Waals surface area contributed by atoms with E-state index >= 15 is 0 Å². The third-order valence-electron chi connectivity index (χ3n) is 4.79. The predicted molar refractivity (Wildman–Crippen MR) is 80.0 cm³/mol. The lowest BCUT2D eigenvalue weighted by Crippen LogP contribution is -2.23. The van der Waals surface area contributed by atoms with E-state index in [9.17, 15) is 0 Å². The van der Waals surface area contributed by atoms with E-state index in [1.807, 2.05) is 6.07 Å². The van der Waals surface area contributed by atoms with Gasteiger partial charge < -0.3 is 15.2 Å². The highest BCUT2D eigenvalue weighted by atomic mass is 16.5. The highest BCUT2D eigenvalue weighted by Crippen LogP contribution is 2.41. The molecule has 0 saturated heterocycles. The lowest BCUT2D eigenvalue weighted by molar-refractivity contribution is 0.228. The summed E-state index contributed by atoms with van der Waals surface area (Å²) >= 11 is 0. The minimum Gasteiger partial charge on any atom is -0.489 e. The number of fused-ring (bicyclic) bond motifs is 1. The van der Waals surface area contributed by atoms with Gasteiger partial charge in [-0.3, -0.25) is 0 Å². The number of nitrogens with two attached hydrogens (primary N) is 1. The van der Waals surface area contributed by atoms with Crippen molar-refractivity contribution >= 4 is 0 Å². The van der Waals surface area contributed by atoms with E-state index in [1.54, 1.807) is 0 Å². The maximum atomic E-state index is 6.49. The van der Waals surface area contributed by atoms with Gasteiger partial charge in [-0.05, 0) is 36.0 Å². The largest absolute Gasteiger partial charge is 0.489 e. The molecule has 4 atom stereocenters. The second-order valence-electron chi connectivity index (χ2n) is 6.53. The van der Waals surface area contributed by atoms with E-state index in [-0.39, 0.29) is 6.04 Å². The Labute approximate surface area is 121 Å². The summed E-state index contributed by atoms with van der Waals surface area (Å²) in [5, 5.41) is 0. The van der Waals surface area contributed by atoms with Crippen LogP contribution in [0.15, 0.2) is 18.2 Å². The zero-order valence-electron chi connectivity index (χ0n) is 12.5. The van der Waals surface area contributed by atoms with Crippen molar-refractivity contribution in [2.45, 2.75) is 39.2 Å². The molecule has 2 N–H and O–H groups in total. The van der Waals surface area contributed by atoms with Gasteiger partial charge in [-0.2, -0.15) is 0 Å². The van der Waals surface area contributed by atoms with Crippen molar-refractivity contribution in [1.82, 2.24) is 0 Å². The maximum absolute atomic E-state index is 6.49. The van der Waals surface area contributed by atoms with Crippen LogP contribution >= 0.6 is 0 Å². The van der Waals surface area contributed by atoms with Crippen molar-refractivity contribution in [3.63, 3.8) is 0 Å². The van der Waals surface area contributed by atoms with E-state index in [4.69, 9.17) is 15.2 Å². The molecule has 1 aliphatic carbocycles. The third-order valence-corrected chi connectivity index (χ3v) is 4.79. The molecule has 1 aliphatic heterocycles. The van der Waals surface area contributed by atoms with Crippen molar-refractivity contribution in [2.24, 2.45) is 23.5 Å². The minimum absolute atomic E-state index is 0.113.